The number of nitrogens with zero attached hydrogens (tertiary/aromatic N) is 4. The van der Waals surface area contributed by atoms with E-state index in [1.165, 1.54) is 7.11 Å². The highest BCUT2D eigenvalue weighted by atomic mass is 16.5. The van der Waals surface area contributed by atoms with Gasteiger partial charge >= 0.3 is 0 Å². The normalized spacial score (nSPS) is 20.4. The number of rotatable bonds is 6. The van der Waals surface area contributed by atoms with Crippen LogP contribution in [0.4, 0.5) is 0 Å². The van der Waals surface area contributed by atoms with Crippen LogP contribution in [0.25, 0.3) is 0 Å². The summed E-state index contributed by atoms with van der Waals surface area (Å²) in [4.78, 5) is 38.4. The molecule has 2 fully saturated rings. The van der Waals surface area contributed by atoms with E-state index in [0.29, 0.717) is 44.1 Å². The molecule has 2 aliphatic heterocycles. The van der Waals surface area contributed by atoms with E-state index in [-0.39, 0.29) is 24.3 Å². The van der Waals surface area contributed by atoms with Crippen LogP contribution in [-0.2, 0) is 14.3 Å². The van der Waals surface area contributed by atoms with E-state index in [4.69, 9.17) is 9.47 Å². The third-order valence-electron chi connectivity index (χ3n) is 6.73. The fourth-order valence-corrected chi connectivity index (χ4v) is 4.68. The lowest BCUT2D eigenvalue weighted by Crippen LogP contribution is -2.52. The van der Waals surface area contributed by atoms with E-state index in [1.54, 1.807) is 17.3 Å². The van der Waals surface area contributed by atoms with Crippen molar-refractivity contribution in [2.24, 2.45) is 5.41 Å². The number of benzene rings is 1. The van der Waals surface area contributed by atoms with Gasteiger partial charge in [0.05, 0.1) is 11.9 Å². The predicted octanol–water partition coefficient (Wildman–Crippen LogP) is 3.25. The van der Waals surface area contributed by atoms with Gasteiger partial charge in [0, 0.05) is 50.8 Å². The van der Waals surface area contributed by atoms with Crippen molar-refractivity contribution in [2.75, 3.05) is 39.9 Å². The van der Waals surface area contributed by atoms with Gasteiger partial charge < -0.3 is 19.3 Å². The number of ether oxygens (including phenoxy) is 2. The molecule has 2 saturated heterocycles. The molecule has 0 bridgehead atoms. The molecule has 0 radical (unpaired) electrons. The molecule has 2 aliphatic rings. The van der Waals surface area contributed by atoms with Crippen molar-refractivity contribution in [3.05, 3.63) is 48.4 Å². The lowest BCUT2D eigenvalue weighted by molar-refractivity contribution is -0.149. The summed E-state index contributed by atoms with van der Waals surface area (Å²) in [7, 11) is 1.52. The summed E-state index contributed by atoms with van der Waals surface area (Å²) in [5.41, 5.74) is 0.404. The molecule has 33 heavy (non-hydrogen) atoms. The second-order valence-electron chi connectivity index (χ2n) is 9.16. The lowest BCUT2D eigenvalue weighted by atomic mass is 9.78. The quantitative estimate of drug-likeness (QED) is 0.669. The summed E-state index contributed by atoms with van der Waals surface area (Å²) in [5.74, 6) is 1.47. The van der Waals surface area contributed by atoms with E-state index in [9.17, 15) is 9.59 Å². The number of hydrogen-bond acceptors (Lipinski definition) is 6. The summed E-state index contributed by atoms with van der Waals surface area (Å²) < 4.78 is 10.8. The standard InChI is InChI=1S/C25H32N4O4/c1-25(10-13-28(14-11-25)23(30)18-32-2)24(31)29-12-6-7-19(17-29)21-15-26-16-22(27-21)33-20-8-4-3-5-9-20/h3-5,8-9,15-16,19H,6-7,10-14,17-18H2,1-2H3/t19-/m0/s1. The Hall–Kier alpha value is -3.00. The molecule has 8 nitrogen and oxygen atoms in total. The number of carbonyl (C=O) groups is 2. The van der Waals surface area contributed by atoms with Gasteiger partial charge in [0.2, 0.25) is 17.7 Å². The SMILES string of the molecule is COCC(=O)N1CCC(C)(C(=O)N2CCC[C@H](c3cncc(Oc4ccccc4)n3)C2)CC1. The van der Waals surface area contributed by atoms with Crippen LogP contribution in [0, 0.1) is 5.41 Å². The van der Waals surface area contributed by atoms with Crippen molar-refractivity contribution in [1.29, 1.82) is 0 Å². The van der Waals surface area contributed by atoms with E-state index in [1.807, 2.05) is 42.2 Å². The van der Waals surface area contributed by atoms with Crippen molar-refractivity contribution in [1.82, 2.24) is 19.8 Å². The van der Waals surface area contributed by atoms with Crippen molar-refractivity contribution in [3.63, 3.8) is 0 Å². The van der Waals surface area contributed by atoms with Gasteiger partial charge in [-0.05, 0) is 37.8 Å². The van der Waals surface area contributed by atoms with E-state index in [0.717, 1.165) is 25.1 Å². The number of likely N-dealkylation sites (tertiary alicyclic amines) is 2. The number of carbonyl (C=O) groups excluding carboxylic acids is 2. The highest BCUT2D eigenvalue weighted by Crippen LogP contribution is 2.36. The van der Waals surface area contributed by atoms with Crippen LogP contribution in [0.1, 0.15) is 44.2 Å². The van der Waals surface area contributed by atoms with Crippen LogP contribution in [0.5, 0.6) is 11.6 Å². The monoisotopic (exact) mass is 452 g/mol. The van der Waals surface area contributed by atoms with Crippen molar-refractivity contribution < 1.29 is 19.1 Å². The maximum Gasteiger partial charge on any atom is 0.248 e. The third kappa shape index (κ3) is 5.50. The molecule has 2 aromatic rings. The Morgan fingerprint density at radius 1 is 1.09 bits per heavy atom. The van der Waals surface area contributed by atoms with Gasteiger partial charge in [0.1, 0.15) is 12.4 Å². The van der Waals surface area contributed by atoms with Gasteiger partial charge in [0.15, 0.2) is 0 Å². The molecule has 0 spiro atoms. The van der Waals surface area contributed by atoms with Gasteiger partial charge in [-0.25, -0.2) is 4.98 Å². The molecule has 1 aromatic heterocycles. The third-order valence-corrected chi connectivity index (χ3v) is 6.73. The molecule has 8 heteroatoms. The van der Waals surface area contributed by atoms with Crippen molar-refractivity contribution in [3.8, 4) is 11.6 Å². The number of hydrogen-bond donors (Lipinski definition) is 0. The summed E-state index contributed by atoms with van der Waals surface area (Å²) in [5, 5.41) is 0. The fraction of sp³-hybridized carbons (Fsp3) is 0.520. The molecule has 3 heterocycles. The molecular weight excluding hydrogens is 420 g/mol. The minimum Gasteiger partial charge on any atom is -0.437 e. The average molecular weight is 453 g/mol. The first-order valence-electron chi connectivity index (χ1n) is 11.6. The van der Waals surface area contributed by atoms with E-state index in [2.05, 4.69) is 9.97 Å². The molecule has 4 rings (SSSR count). The van der Waals surface area contributed by atoms with Crippen LogP contribution in [-0.4, -0.2) is 71.5 Å². The molecule has 2 amide bonds. The second kappa shape index (κ2) is 10.3. The van der Waals surface area contributed by atoms with Gasteiger partial charge in [-0.3, -0.25) is 14.6 Å². The zero-order chi connectivity index (χ0) is 23.3. The molecule has 1 aromatic carbocycles. The molecule has 0 unspecified atom stereocenters. The molecule has 0 N–H and O–H groups in total. The van der Waals surface area contributed by atoms with E-state index >= 15 is 0 Å². The second-order valence-corrected chi connectivity index (χ2v) is 9.16. The summed E-state index contributed by atoms with van der Waals surface area (Å²) in [6, 6.07) is 9.52. The van der Waals surface area contributed by atoms with Gasteiger partial charge in [-0.15, -0.1) is 0 Å². The topological polar surface area (TPSA) is 84.9 Å². The van der Waals surface area contributed by atoms with Crippen molar-refractivity contribution in [2.45, 2.75) is 38.5 Å². The summed E-state index contributed by atoms with van der Waals surface area (Å²) in [6.07, 6.45) is 6.62. The Morgan fingerprint density at radius 2 is 1.85 bits per heavy atom. The Bertz CT molecular complexity index is 960. The molecule has 0 aliphatic carbocycles. The zero-order valence-corrected chi connectivity index (χ0v) is 19.4. The van der Waals surface area contributed by atoms with Crippen LogP contribution in [0.3, 0.4) is 0 Å². The van der Waals surface area contributed by atoms with Crippen LogP contribution >= 0.6 is 0 Å². The Kier molecular flexibility index (Phi) is 7.23. The van der Waals surface area contributed by atoms with Crippen LogP contribution in [0.15, 0.2) is 42.7 Å². The number of piperidine rings is 2. The Balaban J connectivity index is 1.39. The molecular formula is C25H32N4O4. The maximum absolute atomic E-state index is 13.5. The zero-order valence-electron chi connectivity index (χ0n) is 19.4. The van der Waals surface area contributed by atoms with Gasteiger partial charge in [-0.1, -0.05) is 25.1 Å². The predicted molar refractivity (Wildman–Crippen MR) is 123 cm³/mol. The summed E-state index contributed by atoms with van der Waals surface area (Å²) >= 11 is 0. The first kappa shape index (κ1) is 23.2. The highest BCUT2D eigenvalue weighted by molar-refractivity contribution is 5.83. The lowest BCUT2D eigenvalue weighted by Gasteiger charge is -2.43. The highest BCUT2D eigenvalue weighted by Gasteiger charge is 2.41. The van der Waals surface area contributed by atoms with Crippen LogP contribution in [0.2, 0.25) is 0 Å². The Labute approximate surface area is 194 Å². The van der Waals surface area contributed by atoms with E-state index < -0.39 is 5.41 Å². The number of methoxy groups -OCH3 is 1. The summed E-state index contributed by atoms with van der Waals surface area (Å²) in [6.45, 7) is 4.69. The number of amides is 2. The first-order chi connectivity index (χ1) is 16.0. The van der Waals surface area contributed by atoms with Crippen molar-refractivity contribution >= 4 is 11.8 Å². The van der Waals surface area contributed by atoms with Gasteiger partial charge in [-0.2, -0.15) is 0 Å². The molecule has 0 saturated carbocycles. The fourth-order valence-electron chi connectivity index (χ4n) is 4.68. The largest absolute Gasteiger partial charge is 0.437 e. The number of para-hydroxylation sites is 1. The average Bonchev–Trinajstić information content (AvgIpc) is 2.85. The minimum atomic E-state index is -0.449. The minimum absolute atomic E-state index is 0.0128. The molecule has 1 atom stereocenters. The first-order valence-corrected chi connectivity index (χ1v) is 11.6. The molecule has 176 valence electrons. The number of aromatic nitrogens is 2. The maximum atomic E-state index is 13.5. The van der Waals surface area contributed by atoms with Gasteiger partial charge in [0.25, 0.3) is 0 Å². The Morgan fingerprint density at radius 3 is 2.58 bits per heavy atom. The smallest absolute Gasteiger partial charge is 0.248 e. The van der Waals surface area contributed by atoms with Crippen LogP contribution < -0.4 is 4.74 Å².